The van der Waals surface area contributed by atoms with E-state index in [4.69, 9.17) is 11.6 Å². The molecule has 3 unspecified atom stereocenters. The predicted octanol–water partition coefficient (Wildman–Crippen LogP) is 2.44. The van der Waals surface area contributed by atoms with Gasteiger partial charge in [0.2, 0.25) is 11.8 Å². The van der Waals surface area contributed by atoms with E-state index in [-0.39, 0.29) is 28.7 Å². The third-order valence-electron chi connectivity index (χ3n) is 4.08. The van der Waals surface area contributed by atoms with Gasteiger partial charge in [-0.2, -0.15) is 0 Å². The summed E-state index contributed by atoms with van der Waals surface area (Å²) in [5, 5.41) is 6.30. The molecule has 8 heteroatoms. The van der Waals surface area contributed by atoms with Gasteiger partial charge in [-0.3, -0.25) is 15.0 Å². The molecular formula is C17H24BrClN4O2. The van der Waals surface area contributed by atoms with Crippen LogP contribution in [0.4, 0.5) is 5.69 Å². The fourth-order valence-electron chi connectivity index (χ4n) is 2.62. The number of halogens is 2. The van der Waals surface area contributed by atoms with Crippen molar-refractivity contribution >= 4 is 45.0 Å². The molecule has 3 atom stereocenters. The molecule has 2 amide bonds. The first-order valence-electron chi connectivity index (χ1n) is 8.36. The zero-order valence-electron chi connectivity index (χ0n) is 14.3. The number of hydrogen-bond donors (Lipinski definition) is 4. The Morgan fingerprint density at radius 2 is 1.92 bits per heavy atom. The van der Waals surface area contributed by atoms with E-state index in [1.165, 1.54) is 0 Å². The molecule has 138 valence electrons. The molecule has 0 spiro atoms. The lowest BCUT2D eigenvalue weighted by molar-refractivity contribution is -0.123. The van der Waals surface area contributed by atoms with Crippen LogP contribution in [-0.2, 0) is 9.59 Å². The first-order valence-corrected chi connectivity index (χ1v) is 9.66. The summed E-state index contributed by atoms with van der Waals surface area (Å²) >= 11 is 9.39. The molecule has 1 aliphatic rings. The van der Waals surface area contributed by atoms with Crippen LogP contribution < -0.4 is 21.5 Å². The topological polar surface area (TPSA) is 82.3 Å². The van der Waals surface area contributed by atoms with Crippen molar-refractivity contribution in [2.45, 2.75) is 43.6 Å². The van der Waals surface area contributed by atoms with Gasteiger partial charge in [-0.05, 0) is 36.6 Å². The lowest BCUT2D eigenvalue weighted by atomic mass is 9.99. The van der Waals surface area contributed by atoms with Gasteiger partial charge in [-0.15, -0.1) is 0 Å². The lowest BCUT2D eigenvalue weighted by Gasteiger charge is -2.19. The van der Waals surface area contributed by atoms with Crippen LogP contribution in [0.1, 0.15) is 26.7 Å². The predicted molar refractivity (Wildman–Crippen MR) is 104 cm³/mol. The number of amides is 2. The highest BCUT2D eigenvalue weighted by atomic mass is 79.9. The maximum atomic E-state index is 12.2. The Hall–Kier alpha value is -1.15. The molecule has 1 aromatic carbocycles. The van der Waals surface area contributed by atoms with Crippen LogP contribution in [-0.4, -0.2) is 35.3 Å². The Labute approximate surface area is 161 Å². The third kappa shape index (κ3) is 5.95. The highest BCUT2D eigenvalue weighted by Gasteiger charge is 2.39. The molecular weight excluding hydrogens is 408 g/mol. The van der Waals surface area contributed by atoms with Gasteiger partial charge < -0.3 is 10.6 Å². The summed E-state index contributed by atoms with van der Waals surface area (Å²) < 4.78 is 0. The largest absolute Gasteiger partial charge is 0.355 e. The molecule has 0 aromatic heterocycles. The summed E-state index contributed by atoms with van der Waals surface area (Å²) in [6.07, 6.45) is 0.914. The van der Waals surface area contributed by atoms with Crippen LogP contribution in [0.5, 0.6) is 0 Å². The number of carbonyl (C=O) groups excluding carboxylic acids is 2. The third-order valence-corrected chi connectivity index (χ3v) is 5.43. The molecule has 1 aliphatic heterocycles. The van der Waals surface area contributed by atoms with Gasteiger partial charge in [0.15, 0.2) is 0 Å². The quantitative estimate of drug-likeness (QED) is 0.395. The number of benzene rings is 1. The number of anilines is 1. The molecule has 0 aliphatic carbocycles. The lowest BCUT2D eigenvalue weighted by Crippen LogP contribution is -2.46. The fourth-order valence-corrected chi connectivity index (χ4v) is 3.87. The molecule has 1 saturated heterocycles. The van der Waals surface area contributed by atoms with Crippen LogP contribution in [0, 0.1) is 5.92 Å². The minimum absolute atomic E-state index is 0.0284. The molecule has 2 rings (SSSR count). The second-order valence-corrected chi connectivity index (χ2v) is 7.92. The minimum atomic E-state index is -0.324. The summed E-state index contributed by atoms with van der Waals surface area (Å²) in [5.41, 5.74) is 6.88. The summed E-state index contributed by atoms with van der Waals surface area (Å²) in [6, 6.07) is 6.82. The second-order valence-electron chi connectivity index (χ2n) is 6.43. The van der Waals surface area contributed by atoms with Crippen LogP contribution in [0.25, 0.3) is 0 Å². The normalized spacial score (nSPS) is 22.8. The first kappa shape index (κ1) is 20.2. The van der Waals surface area contributed by atoms with Crippen molar-refractivity contribution in [2.24, 2.45) is 5.92 Å². The average molecular weight is 432 g/mol. The Morgan fingerprint density at radius 1 is 1.24 bits per heavy atom. The Bertz CT molecular complexity index is 597. The number of nitrogens with one attached hydrogen (secondary N) is 4. The maximum absolute atomic E-state index is 12.2. The zero-order chi connectivity index (χ0) is 18.4. The SMILES string of the molecule is CC(C)C1NNC(C(=O)NCCCC(=O)Nc2ccc(Cl)cc2)C1Br. The highest BCUT2D eigenvalue weighted by Crippen LogP contribution is 2.21. The van der Waals surface area contributed by atoms with Crippen molar-refractivity contribution in [2.75, 3.05) is 11.9 Å². The van der Waals surface area contributed by atoms with Crippen LogP contribution >= 0.6 is 27.5 Å². The summed E-state index contributed by atoms with van der Waals surface area (Å²) in [6.45, 7) is 4.66. The van der Waals surface area contributed by atoms with Crippen molar-refractivity contribution in [1.29, 1.82) is 0 Å². The van der Waals surface area contributed by atoms with Gasteiger partial charge in [0, 0.05) is 29.7 Å². The maximum Gasteiger partial charge on any atom is 0.239 e. The molecule has 0 saturated carbocycles. The standard InChI is InChI=1S/C17H24BrClN4O2/c1-10(2)15-14(18)16(23-22-15)17(25)20-9-3-4-13(24)21-12-7-5-11(19)6-8-12/h5-8,10,14-16,22-23H,3-4,9H2,1-2H3,(H,20,25)(H,21,24). The van der Waals surface area contributed by atoms with E-state index >= 15 is 0 Å². The van der Waals surface area contributed by atoms with Crippen molar-refractivity contribution in [1.82, 2.24) is 16.2 Å². The van der Waals surface area contributed by atoms with E-state index < -0.39 is 0 Å². The molecule has 1 fully saturated rings. The van der Waals surface area contributed by atoms with E-state index in [1.807, 2.05) is 0 Å². The molecule has 4 N–H and O–H groups in total. The zero-order valence-corrected chi connectivity index (χ0v) is 16.7. The van der Waals surface area contributed by atoms with Gasteiger partial charge in [-0.25, -0.2) is 5.43 Å². The van der Waals surface area contributed by atoms with Crippen molar-refractivity contribution in [3.05, 3.63) is 29.3 Å². The van der Waals surface area contributed by atoms with Crippen LogP contribution in [0.3, 0.4) is 0 Å². The highest BCUT2D eigenvalue weighted by molar-refractivity contribution is 9.09. The number of rotatable bonds is 7. The van der Waals surface area contributed by atoms with Crippen molar-refractivity contribution in [3.8, 4) is 0 Å². The number of carbonyl (C=O) groups is 2. The molecule has 6 nitrogen and oxygen atoms in total. The smallest absolute Gasteiger partial charge is 0.239 e. The van der Waals surface area contributed by atoms with Gasteiger partial charge in [0.25, 0.3) is 0 Å². The number of hydrazine groups is 1. The van der Waals surface area contributed by atoms with Gasteiger partial charge in [0.1, 0.15) is 6.04 Å². The molecule has 0 radical (unpaired) electrons. The van der Waals surface area contributed by atoms with E-state index in [0.29, 0.717) is 36.0 Å². The summed E-state index contributed by atoms with van der Waals surface area (Å²) in [7, 11) is 0. The van der Waals surface area contributed by atoms with Crippen LogP contribution in [0.15, 0.2) is 24.3 Å². The average Bonchev–Trinajstić information content (AvgIpc) is 2.95. The van der Waals surface area contributed by atoms with E-state index in [9.17, 15) is 9.59 Å². The summed E-state index contributed by atoms with van der Waals surface area (Å²) in [5.74, 6) is 0.248. The number of hydrogen-bond acceptors (Lipinski definition) is 4. The van der Waals surface area contributed by atoms with E-state index in [0.717, 1.165) is 0 Å². The Balaban J connectivity index is 1.66. The van der Waals surface area contributed by atoms with Crippen molar-refractivity contribution < 1.29 is 9.59 Å². The summed E-state index contributed by atoms with van der Waals surface area (Å²) in [4.78, 5) is 24.1. The molecule has 1 heterocycles. The second kappa shape index (κ2) is 9.52. The molecule has 1 aromatic rings. The van der Waals surface area contributed by atoms with Gasteiger partial charge in [0.05, 0.1) is 4.83 Å². The Morgan fingerprint density at radius 3 is 2.52 bits per heavy atom. The number of alkyl halides is 1. The monoisotopic (exact) mass is 430 g/mol. The van der Waals surface area contributed by atoms with Gasteiger partial charge >= 0.3 is 0 Å². The van der Waals surface area contributed by atoms with Gasteiger partial charge in [-0.1, -0.05) is 41.4 Å². The van der Waals surface area contributed by atoms with Crippen molar-refractivity contribution in [3.63, 3.8) is 0 Å². The fraction of sp³-hybridized carbons (Fsp3) is 0.529. The molecule has 25 heavy (non-hydrogen) atoms. The first-order chi connectivity index (χ1) is 11.9. The van der Waals surface area contributed by atoms with E-state index in [2.05, 4.69) is 51.3 Å². The van der Waals surface area contributed by atoms with Crippen LogP contribution in [0.2, 0.25) is 5.02 Å². The minimum Gasteiger partial charge on any atom is -0.355 e. The molecule has 0 bridgehead atoms. The Kier molecular flexibility index (Phi) is 7.68. The van der Waals surface area contributed by atoms with E-state index in [1.54, 1.807) is 24.3 Å².